The lowest BCUT2D eigenvalue weighted by Gasteiger charge is -2.00. The number of alkyl halides is 1. The van der Waals surface area contributed by atoms with Gasteiger partial charge in [0.05, 0.1) is 12.4 Å². The smallest absolute Gasteiger partial charge is 0.330 e. The van der Waals surface area contributed by atoms with Crippen LogP contribution in [0.15, 0.2) is 24.1 Å². The molecule has 0 heterocycles. The van der Waals surface area contributed by atoms with Gasteiger partial charge in [-0.05, 0) is 32.3 Å². The van der Waals surface area contributed by atoms with E-state index in [0.717, 1.165) is 31.6 Å². The van der Waals surface area contributed by atoms with Crippen LogP contribution in [0, 0.1) is 0 Å². The van der Waals surface area contributed by atoms with Crippen molar-refractivity contribution < 1.29 is 13.9 Å². The highest BCUT2D eigenvalue weighted by Gasteiger charge is 1.96. The Morgan fingerprint density at radius 1 is 1.10 bits per heavy atom. The average Bonchev–Trinajstić information content (AvgIpc) is 2.42. The highest BCUT2D eigenvalue weighted by molar-refractivity contribution is 6.17. The number of rotatable bonds is 12. The second kappa shape index (κ2) is 14.6. The van der Waals surface area contributed by atoms with Crippen molar-refractivity contribution in [3.8, 4) is 0 Å². The number of carbonyl (C=O) groups is 1. The lowest BCUT2D eigenvalue weighted by Crippen LogP contribution is -1.98. The van der Waals surface area contributed by atoms with Crippen LogP contribution in [0.5, 0.6) is 0 Å². The molecule has 0 radical (unpaired) electrons. The maximum atomic E-state index is 13.4. The van der Waals surface area contributed by atoms with Gasteiger partial charge < -0.3 is 4.74 Å². The van der Waals surface area contributed by atoms with Crippen molar-refractivity contribution in [2.75, 3.05) is 12.5 Å². The first-order valence-electron chi connectivity index (χ1n) is 7.46. The Hall–Kier alpha value is -0.830. The molecule has 0 atom stereocenters. The van der Waals surface area contributed by atoms with Gasteiger partial charge in [-0.3, -0.25) is 0 Å². The number of hydrogen-bond donors (Lipinski definition) is 0. The van der Waals surface area contributed by atoms with Crippen LogP contribution < -0.4 is 0 Å². The first-order valence-corrected chi connectivity index (χ1v) is 7.99. The van der Waals surface area contributed by atoms with E-state index in [9.17, 15) is 9.18 Å². The topological polar surface area (TPSA) is 26.3 Å². The maximum Gasteiger partial charge on any atom is 0.330 e. The van der Waals surface area contributed by atoms with E-state index in [1.807, 2.05) is 0 Å². The first-order chi connectivity index (χ1) is 9.70. The van der Waals surface area contributed by atoms with Crippen LogP contribution in [0.2, 0.25) is 0 Å². The normalized spacial score (nSPS) is 12.1. The van der Waals surface area contributed by atoms with E-state index in [2.05, 4.69) is 0 Å². The minimum absolute atomic E-state index is 0.187. The zero-order chi connectivity index (χ0) is 15.1. The molecule has 0 aromatic heterocycles. The Kier molecular flexibility index (Phi) is 14.0. The molecule has 116 valence electrons. The van der Waals surface area contributed by atoms with Crippen molar-refractivity contribution in [3.05, 3.63) is 24.1 Å². The minimum atomic E-state index is -0.437. The maximum absolute atomic E-state index is 13.4. The number of unbranched alkanes of at least 4 members (excludes halogenated alkanes) is 6. The van der Waals surface area contributed by atoms with Crippen LogP contribution in [0.4, 0.5) is 4.39 Å². The minimum Gasteiger partial charge on any atom is -0.463 e. The van der Waals surface area contributed by atoms with E-state index < -0.39 is 5.97 Å². The summed E-state index contributed by atoms with van der Waals surface area (Å²) in [6, 6.07) is 0. The summed E-state index contributed by atoms with van der Waals surface area (Å²) in [5, 5.41) is 0. The molecule has 0 fully saturated rings. The average molecular weight is 305 g/mol. The summed E-state index contributed by atoms with van der Waals surface area (Å²) in [6.07, 6.45) is 12.1. The highest BCUT2D eigenvalue weighted by atomic mass is 35.5. The van der Waals surface area contributed by atoms with E-state index in [4.69, 9.17) is 16.3 Å². The Morgan fingerprint density at radius 3 is 2.30 bits per heavy atom. The van der Waals surface area contributed by atoms with Gasteiger partial charge in [-0.1, -0.05) is 38.2 Å². The molecule has 0 aliphatic carbocycles. The molecule has 0 rings (SSSR count). The molecule has 0 aromatic carbocycles. The Morgan fingerprint density at radius 2 is 1.70 bits per heavy atom. The van der Waals surface area contributed by atoms with E-state index in [-0.39, 0.29) is 5.83 Å². The largest absolute Gasteiger partial charge is 0.463 e. The third-order valence-corrected chi connectivity index (χ3v) is 3.11. The van der Waals surface area contributed by atoms with Gasteiger partial charge in [0, 0.05) is 12.0 Å². The summed E-state index contributed by atoms with van der Waals surface area (Å²) in [5.41, 5.74) is 0. The van der Waals surface area contributed by atoms with Crippen LogP contribution in [0.1, 0.15) is 58.3 Å². The molecular formula is C16H26ClFO2. The summed E-state index contributed by atoms with van der Waals surface area (Å²) in [4.78, 5) is 11.0. The van der Waals surface area contributed by atoms with E-state index in [1.54, 1.807) is 6.92 Å². The molecule has 0 spiro atoms. The second-order valence-corrected chi connectivity index (χ2v) is 5.02. The lowest BCUT2D eigenvalue weighted by atomic mass is 10.1. The molecule has 0 bridgehead atoms. The van der Waals surface area contributed by atoms with Gasteiger partial charge in [-0.2, -0.15) is 0 Å². The fourth-order valence-corrected chi connectivity index (χ4v) is 1.97. The molecule has 0 unspecified atom stereocenters. The lowest BCUT2D eigenvalue weighted by molar-refractivity contribution is -0.137. The Bertz CT molecular complexity index is 301. The van der Waals surface area contributed by atoms with Crippen LogP contribution in [-0.4, -0.2) is 18.5 Å². The zero-order valence-corrected chi connectivity index (χ0v) is 13.1. The number of ether oxygens (including phenoxy) is 1. The summed E-state index contributed by atoms with van der Waals surface area (Å²) in [6.45, 7) is 2.07. The van der Waals surface area contributed by atoms with Gasteiger partial charge in [0.15, 0.2) is 0 Å². The first kappa shape index (κ1) is 19.2. The molecule has 0 aliphatic heterocycles. The molecule has 0 saturated heterocycles. The molecule has 0 N–H and O–H groups in total. The van der Waals surface area contributed by atoms with Crippen LogP contribution in [0.25, 0.3) is 0 Å². The number of halogens is 2. The predicted octanol–water partition coefficient (Wildman–Crippen LogP) is 5.32. The van der Waals surface area contributed by atoms with Crippen molar-refractivity contribution in [3.63, 3.8) is 0 Å². The second-order valence-electron chi connectivity index (χ2n) is 4.64. The number of allylic oxidation sites excluding steroid dienone is 3. The molecule has 20 heavy (non-hydrogen) atoms. The molecular weight excluding hydrogens is 279 g/mol. The van der Waals surface area contributed by atoms with Crippen LogP contribution in [-0.2, 0) is 9.53 Å². The van der Waals surface area contributed by atoms with Gasteiger partial charge in [-0.25, -0.2) is 9.18 Å². The Balaban J connectivity index is 3.52. The van der Waals surface area contributed by atoms with Crippen molar-refractivity contribution in [2.24, 2.45) is 0 Å². The number of esters is 1. The molecule has 0 amide bonds. The van der Waals surface area contributed by atoms with Gasteiger partial charge in [0.2, 0.25) is 0 Å². The third kappa shape index (κ3) is 13.6. The van der Waals surface area contributed by atoms with E-state index in [0.29, 0.717) is 13.0 Å². The summed E-state index contributed by atoms with van der Waals surface area (Å²) < 4.78 is 18.0. The summed E-state index contributed by atoms with van der Waals surface area (Å²) in [5.74, 6) is 0.121. The molecule has 0 aromatic rings. The number of carbonyl (C=O) groups excluding carboxylic acids is 1. The summed E-state index contributed by atoms with van der Waals surface area (Å²) >= 11 is 5.60. The van der Waals surface area contributed by atoms with Crippen LogP contribution in [0.3, 0.4) is 0 Å². The standard InChI is InChI=1S/C16H26ClFO2/c1-2-20-16(19)13-10-12-15(18)11-8-6-4-3-5-7-9-14-17/h10,12-13H,2-9,11,14H2,1H3/b13-10+,15-12+. The predicted molar refractivity (Wildman–Crippen MR) is 82.6 cm³/mol. The molecule has 4 heteroatoms. The van der Waals surface area contributed by atoms with Crippen molar-refractivity contribution >= 4 is 17.6 Å². The third-order valence-electron chi connectivity index (χ3n) is 2.85. The molecule has 0 aliphatic rings. The fourth-order valence-electron chi connectivity index (χ4n) is 1.78. The number of hydrogen-bond acceptors (Lipinski definition) is 2. The molecule has 2 nitrogen and oxygen atoms in total. The van der Waals surface area contributed by atoms with E-state index in [1.165, 1.54) is 37.5 Å². The molecule has 0 saturated carbocycles. The van der Waals surface area contributed by atoms with Gasteiger partial charge in [-0.15, -0.1) is 11.6 Å². The van der Waals surface area contributed by atoms with Crippen molar-refractivity contribution in [2.45, 2.75) is 58.3 Å². The van der Waals surface area contributed by atoms with Crippen molar-refractivity contribution in [1.82, 2.24) is 0 Å². The van der Waals surface area contributed by atoms with Gasteiger partial charge in [0.25, 0.3) is 0 Å². The van der Waals surface area contributed by atoms with Crippen LogP contribution >= 0.6 is 11.6 Å². The monoisotopic (exact) mass is 304 g/mol. The highest BCUT2D eigenvalue weighted by Crippen LogP contribution is 2.13. The van der Waals surface area contributed by atoms with E-state index >= 15 is 0 Å². The SMILES string of the molecule is CCOC(=O)/C=C/C=C(/F)CCCCCCCCCCl. The zero-order valence-electron chi connectivity index (χ0n) is 12.4. The fraction of sp³-hybridized carbons (Fsp3) is 0.688. The Labute approximate surface area is 127 Å². The van der Waals surface area contributed by atoms with Crippen molar-refractivity contribution in [1.29, 1.82) is 0 Å². The summed E-state index contributed by atoms with van der Waals surface area (Å²) in [7, 11) is 0. The van der Waals surface area contributed by atoms with Gasteiger partial charge >= 0.3 is 5.97 Å². The van der Waals surface area contributed by atoms with Gasteiger partial charge in [0.1, 0.15) is 0 Å². The quantitative estimate of drug-likeness (QED) is 0.160.